The Morgan fingerprint density at radius 2 is 1.86 bits per heavy atom. The molecule has 4 nitrogen and oxygen atoms in total. The Bertz CT molecular complexity index is 305. The van der Waals surface area contributed by atoms with E-state index in [0.717, 1.165) is 38.4 Å². The van der Waals surface area contributed by atoms with Gasteiger partial charge in [-0.3, -0.25) is 4.99 Å². The van der Waals surface area contributed by atoms with E-state index in [2.05, 4.69) is 31.4 Å². The van der Waals surface area contributed by atoms with E-state index in [9.17, 15) is 5.11 Å². The summed E-state index contributed by atoms with van der Waals surface area (Å²) in [6.45, 7) is 9.63. The molecule has 0 radical (unpaired) electrons. The van der Waals surface area contributed by atoms with Gasteiger partial charge >= 0.3 is 0 Å². The predicted molar refractivity (Wildman–Crippen MR) is 95.3 cm³/mol. The van der Waals surface area contributed by atoms with Crippen LogP contribution in [0.3, 0.4) is 0 Å². The lowest BCUT2D eigenvalue weighted by molar-refractivity contribution is 0.251. The number of aliphatic hydroxyl groups excluding tert-OH is 1. The number of aliphatic imine (C=N–C) groups is 1. The van der Waals surface area contributed by atoms with E-state index in [0.29, 0.717) is 11.3 Å². The van der Waals surface area contributed by atoms with Gasteiger partial charge in [-0.1, -0.05) is 33.1 Å². The molecule has 3 N–H and O–H groups in total. The van der Waals surface area contributed by atoms with Crippen LogP contribution in [-0.2, 0) is 0 Å². The molecule has 1 saturated carbocycles. The van der Waals surface area contributed by atoms with Gasteiger partial charge in [0.25, 0.3) is 0 Å². The quantitative estimate of drug-likeness (QED) is 0.428. The molecule has 130 valence electrons. The molecule has 0 aromatic heterocycles. The number of hydrogen-bond donors (Lipinski definition) is 3. The largest absolute Gasteiger partial charge is 0.396 e. The van der Waals surface area contributed by atoms with Crippen molar-refractivity contribution in [3.05, 3.63) is 0 Å². The second-order valence-electron chi connectivity index (χ2n) is 6.80. The van der Waals surface area contributed by atoms with Crippen molar-refractivity contribution in [2.45, 2.75) is 72.1 Å². The highest BCUT2D eigenvalue weighted by atomic mass is 16.3. The summed E-state index contributed by atoms with van der Waals surface area (Å²) in [5, 5.41) is 16.0. The zero-order valence-corrected chi connectivity index (χ0v) is 15.0. The lowest BCUT2D eigenvalue weighted by atomic mass is 9.84. The molecule has 1 unspecified atom stereocenters. The number of nitrogens with one attached hydrogen (secondary N) is 2. The third-order valence-corrected chi connectivity index (χ3v) is 5.12. The van der Waals surface area contributed by atoms with Crippen LogP contribution in [0.15, 0.2) is 4.99 Å². The van der Waals surface area contributed by atoms with Crippen molar-refractivity contribution in [3.8, 4) is 0 Å². The highest BCUT2D eigenvalue weighted by Crippen LogP contribution is 2.41. The van der Waals surface area contributed by atoms with E-state index < -0.39 is 0 Å². The van der Waals surface area contributed by atoms with Crippen LogP contribution in [0.2, 0.25) is 0 Å². The highest BCUT2D eigenvalue weighted by Gasteiger charge is 2.31. The Kier molecular flexibility index (Phi) is 9.53. The minimum absolute atomic E-state index is 0.277. The Morgan fingerprint density at radius 1 is 1.14 bits per heavy atom. The van der Waals surface area contributed by atoms with Gasteiger partial charge in [-0.25, -0.2) is 0 Å². The molecule has 0 aliphatic heterocycles. The molecular formula is C18H37N3O. The van der Waals surface area contributed by atoms with E-state index in [1.54, 1.807) is 0 Å². The summed E-state index contributed by atoms with van der Waals surface area (Å²) < 4.78 is 0. The first kappa shape index (κ1) is 19.3. The minimum atomic E-state index is 0.277. The second kappa shape index (κ2) is 10.9. The minimum Gasteiger partial charge on any atom is -0.396 e. The SMILES string of the molecule is CCCC(CCO)CNC(=NCC1(CC)CCCC1)NCC. The van der Waals surface area contributed by atoms with E-state index in [4.69, 9.17) is 4.99 Å². The van der Waals surface area contributed by atoms with Crippen LogP contribution in [0.1, 0.15) is 72.1 Å². The van der Waals surface area contributed by atoms with E-state index >= 15 is 0 Å². The summed E-state index contributed by atoms with van der Waals surface area (Å²) >= 11 is 0. The molecule has 1 rings (SSSR count). The van der Waals surface area contributed by atoms with Gasteiger partial charge in [0.1, 0.15) is 0 Å². The van der Waals surface area contributed by atoms with Crippen molar-refractivity contribution in [1.82, 2.24) is 10.6 Å². The molecule has 1 atom stereocenters. The van der Waals surface area contributed by atoms with Crippen molar-refractivity contribution in [2.24, 2.45) is 16.3 Å². The van der Waals surface area contributed by atoms with Crippen molar-refractivity contribution < 1.29 is 5.11 Å². The molecule has 0 aromatic rings. The maximum absolute atomic E-state index is 9.17. The van der Waals surface area contributed by atoms with Crippen LogP contribution in [0.5, 0.6) is 0 Å². The van der Waals surface area contributed by atoms with Crippen LogP contribution >= 0.6 is 0 Å². The number of rotatable bonds is 10. The molecule has 1 fully saturated rings. The van der Waals surface area contributed by atoms with Gasteiger partial charge in [-0.2, -0.15) is 0 Å². The Balaban J connectivity index is 2.53. The standard InChI is InChI=1S/C18H37N3O/c1-4-9-16(10-13-22)14-20-17(19-6-3)21-15-18(5-2)11-7-8-12-18/h16,22H,4-15H2,1-3H3,(H2,19,20,21). The lowest BCUT2D eigenvalue weighted by Gasteiger charge is -2.26. The zero-order chi connectivity index (χ0) is 16.3. The molecule has 0 bridgehead atoms. The number of aliphatic hydroxyl groups is 1. The number of hydrogen-bond acceptors (Lipinski definition) is 2. The van der Waals surface area contributed by atoms with Crippen LogP contribution in [0, 0.1) is 11.3 Å². The van der Waals surface area contributed by atoms with Crippen LogP contribution in [-0.4, -0.2) is 37.3 Å². The highest BCUT2D eigenvalue weighted by molar-refractivity contribution is 5.79. The number of guanidine groups is 1. The summed E-state index contributed by atoms with van der Waals surface area (Å²) in [4.78, 5) is 4.86. The summed E-state index contributed by atoms with van der Waals surface area (Å²) in [5.41, 5.74) is 0.441. The van der Waals surface area contributed by atoms with Crippen molar-refractivity contribution in [2.75, 3.05) is 26.2 Å². The predicted octanol–water partition coefficient (Wildman–Crippen LogP) is 3.31. The first-order valence-electron chi connectivity index (χ1n) is 9.32. The smallest absolute Gasteiger partial charge is 0.191 e. The second-order valence-corrected chi connectivity index (χ2v) is 6.80. The molecule has 0 saturated heterocycles. The normalized spacial score (nSPS) is 19.2. The van der Waals surface area contributed by atoms with Gasteiger partial charge in [0, 0.05) is 26.2 Å². The molecule has 0 spiro atoms. The van der Waals surface area contributed by atoms with E-state index in [1.165, 1.54) is 38.5 Å². The van der Waals surface area contributed by atoms with Crippen molar-refractivity contribution >= 4 is 5.96 Å². The Morgan fingerprint density at radius 3 is 2.41 bits per heavy atom. The topological polar surface area (TPSA) is 56.6 Å². The molecule has 1 aliphatic carbocycles. The lowest BCUT2D eigenvalue weighted by Crippen LogP contribution is -2.40. The molecule has 0 amide bonds. The summed E-state index contributed by atoms with van der Waals surface area (Å²) in [7, 11) is 0. The maximum Gasteiger partial charge on any atom is 0.191 e. The average Bonchev–Trinajstić information content (AvgIpc) is 3.00. The fourth-order valence-corrected chi connectivity index (χ4v) is 3.52. The van der Waals surface area contributed by atoms with Crippen molar-refractivity contribution in [3.63, 3.8) is 0 Å². The third kappa shape index (κ3) is 6.55. The number of nitrogens with zero attached hydrogens (tertiary/aromatic N) is 1. The first-order valence-corrected chi connectivity index (χ1v) is 9.32. The molecule has 4 heteroatoms. The Hall–Kier alpha value is -0.770. The summed E-state index contributed by atoms with van der Waals surface area (Å²) in [5.74, 6) is 1.48. The van der Waals surface area contributed by atoms with Gasteiger partial charge in [0.05, 0.1) is 0 Å². The van der Waals surface area contributed by atoms with Crippen molar-refractivity contribution in [1.29, 1.82) is 0 Å². The fraction of sp³-hybridized carbons (Fsp3) is 0.944. The molecular weight excluding hydrogens is 274 g/mol. The van der Waals surface area contributed by atoms with Crippen LogP contribution < -0.4 is 10.6 Å². The van der Waals surface area contributed by atoms with Gasteiger partial charge in [0.2, 0.25) is 0 Å². The maximum atomic E-state index is 9.17. The van der Waals surface area contributed by atoms with Crippen LogP contribution in [0.25, 0.3) is 0 Å². The van der Waals surface area contributed by atoms with Gasteiger partial charge in [-0.05, 0) is 50.4 Å². The fourth-order valence-electron chi connectivity index (χ4n) is 3.52. The molecule has 0 aromatic carbocycles. The first-order chi connectivity index (χ1) is 10.7. The average molecular weight is 312 g/mol. The summed E-state index contributed by atoms with van der Waals surface area (Å²) in [6, 6.07) is 0. The summed E-state index contributed by atoms with van der Waals surface area (Å²) in [6.07, 6.45) is 9.82. The van der Waals surface area contributed by atoms with Crippen LogP contribution in [0.4, 0.5) is 0 Å². The van der Waals surface area contributed by atoms with Gasteiger partial charge < -0.3 is 15.7 Å². The molecule has 22 heavy (non-hydrogen) atoms. The van der Waals surface area contributed by atoms with Gasteiger partial charge in [-0.15, -0.1) is 0 Å². The van der Waals surface area contributed by atoms with E-state index in [1.807, 2.05) is 0 Å². The molecule has 1 aliphatic rings. The van der Waals surface area contributed by atoms with Gasteiger partial charge in [0.15, 0.2) is 5.96 Å². The third-order valence-electron chi connectivity index (χ3n) is 5.12. The van der Waals surface area contributed by atoms with E-state index in [-0.39, 0.29) is 6.61 Å². The molecule has 0 heterocycles. The Labute approximate surface area is 137 Å². The monoisotopic (exact) mass is 311 g/mol. The zero-order valence-electron chi connectivity index (χ0n) is 15.0.